The highest BCUT2D eigenvalue weighted by Crippen LogP contribution is 2.44. The Morgan fingerprint density at radius 2 is 1.63 bits per heavy atom. The molecule has 2 aromatic carbocycles. The molecule has 0 unspecified atom stereocenters. The highest BCUT2D eigenvalue weighted by Gasteiger charge is 2.29. The zero-order valence-electron chi connectivity index (χ0n) is 16.9. The van der Waals surface area contributed by atoms with Crippen LogP contribution in [0, 0.1) is 0 Å². The van der Waals surface area contributed by atoms with Gasteiger partial charge >= 0.3 is 12.1 Å². The van der Waals surface area contributed by atoms with Crippen LogP contribution in [-0.2, 0) is 14.3 Å². The Labute approximate surface area is 175 Å². The topological polar surface area (TPSA) is 105 Å². The van der Waals surface area contributed by atoms with Gasteiger partial charge in [-0.05, 0) is 35.1 Å². The van der Waals surface area contributed by atoms with Crippen molar-refractivity contribution in [2.75, 3.05) is 13.2 Å². The number of benzene rings is 2. The lowest BCUT2D eigenvalue weighted by molar-refractivity contribution is -0.137. The summed E-state index contributed by atoms with van der Waals surface area (Å²) in [5.41, 5.74) is 4.54. The smallest absolute Gasteiger partial charge is 0.407 e. The van der Waals surface area contributed by atoms with Gasteiger partial charge in [-0.3, -0.25) is 9.59 Å². The van der Waals surface area contributed by atoms with Crippen molar-refractivity contribution in [2.45, 2.75) is 38.1 Å². The molecule has 3 rings (SSSR count). The molecule has 1 aliphatic rings. The van der Waals surface area contributed by atoms with E-state index in [4.69, 9.17) is 9.84 Å². The van der Waals surface area contributed by atoms with Crippen LogP contribution in [0.25, 0.3) is 11.1 Å². The van der Waals surface area contributed by atoms with Crippen LogP contribution in [0.2, 0.25) is 0 Å². The number of alkyl carbamates (subject to hydrolysis) is 1. The van der Waals surface area contributed by atoms with E-state index in [2.05, 4.69) is 22.8 Å². The number of fused-ring (bicyclic) bond motifs is 3. The monoisotopic (exact) mass is 410 g/mol. The summed E-state index contributed by atoms with van der Waals surface area (Å²) in [6, 6.07) is 15.4. The van der Waals surface area contributed by atoms with E-state index in [1.807, 2.05) is 36.4 Å². The number of nitrogens with one attached hydrogen (secondary N) is 2. The molecule has 158 valence electrons. The lowest BCUT2D eigenvalue weighted by Gasteiger charge is -2.18. The number of hydrogen-bond acceptors (Lipinski definition) is 4. The van der Waals surface area contributed by atoms with Gasteiger partial charge in [0, 0.05) is 18.9 Å². The second-order valence-corrected chi connectivity index (χ2v) is 7.22. The maximum absolute atomic E-state index is 12.3. The Morgan fingerprint density at radius 1 is 1.03 bits per heavy atom. The lowest BCUT2D eigenvalue weighted by Crippen LogP contribution is -2.47. The maximum atomic E-state index is 12.3. The summed E-state index contributed by atoms with van der Waals surface area (Å²) in [6.07, 6.45) is 0.0679. The molecule has 30 heavy (non-hydrogen) atoms. The molecule has 1 aliphatic carbocycles. The van der Waals surface area contributed by atoms with Gasteiger partial charge in [-0.2, -0.15) is 0 Å². The standard InChI is InChI=1S/C23H26N2O5/c1-2-20(22(28)24-13-7-12-21(26)27)25-23(29)30-14-19-17-10-5-3-8-15(17)16-9-4-6-11-18(16)19/h3-6,8-11,19-20H,2,7,12-14H2,1H3,(H,24,28)(H,25,29)(H,26,27)/t20-/m0/s1. The van der Waals surface area contributed by atoms with E-state index in [9.17, 15) is 14.4 Å². The lowest BCUT2D eigenvalue weighted by atomic mass is 9.98. The summed E-state index contributed by atoms with van der Waals surface area (Å²) in [4.78, 5) is 35.1. The first-order valence-corrected chi connectivity index (χ1v) is 10.1. The van der Waals surface area contributed by atoms with Gasteiger partial charge in [-0.1, -0.05) is 55.5 Å². The summed E-state index contributed by atoms with van der Waals surface area (Å²) in [7, 11) is 0. The number of carbonyl (C=O) groups is 3. The van der Waals surface area contributed by atoms with Crippen molar-refractivity contribution in [2.24, 2.45) is 0 Å². The predicted molar refractivity (Wildman–Crippen MR) is 112 cm³/mol. The molecule has 2 amide bonds. The summed E-state index contributed by atoms with van der Waals surface area (Å²) < 4.78 is 5.47. The number of carboxylic acids is 1. The van der Waals surface area contributed by atoms with Crippen LogP contribution in [-0.4, -0.2) is 42.3 Å². The van der Waals surface area contributed by atoms with Crippen molar-refractivity contribution in [1.82, 2.24) is 10.6 Å². The second kappa shape index (κ2) is 9.91. The van der Waals surface area contributed by atoms with E-state index in [1.165, 1.54) is 0 Å². The fourth-order valence-corrected chi connectivity index (χ4v) is 3.71. The number of aliphatic carboxylic acids is 1. The van der Waals surface area contributed by atoms with Crippen LogP contribution in [0.4, 0.5) is 4.79 Å². The molecule has 0 saturated heterocycles. The van der Waals surface area contributed by atoms with Gasteiger partial charge in [0.2, 0.25) is 5.91 Å². The number of hydrogen-bond donors (Lipinski definition) is 3. The van der Waals surface area contributed by atoms with E-state index in [0.717, 1.165) is 22.3 Å². The van der Waals surface area contributed by atoms with Crippen LogP contribution >= 0.6 is 0 Å². The van der Waals surface area contributed by atoms with Gasteiger partial charge < -0.3 is 20.5 Å². The molecule has 0 saturated carbocycles. The fraction of sp³-hybridized carbons (Fsp3) is 0.348. The molecule has 7 nitrogen and oxygen atoms in total. The molecular weight excluding hydrogens is 384 g/mol. The van der Waals surface area contributed by atoms with Crippen molar-refractivity contribution < 1.29 is 24.2 Å². The van der Waals surface area contributed by atoms with Crippen molar-refractivity contribution in [1.29, 1.82) is 0 Å². The zero-order valence-corrected chi connectivity index (χ0v) is 16.9. The molecule has 3 N–H and O–H groups in total. The van der Waals surface area contributed by atoms with E-state index < -0.39 is 18.1 Å². The maximum Gasteiger partial charge on any atom is 0.407 e. The molecule has 0 radical (unpaired) electrons. The van der Waals surface area contributed by atoms with Crippen LogP contribution in [0.1, 0.15) is 43.2 Å². The van der Waals surface area contributed by atoms with Crippen LogP contribution in [0.3, 0.4) is 0 Å². The molecule has 0 fully saturated rings. The third kappa shape index (κ3) is 4.97. The highest BCUT2D eigenvalue weighted by atomic mass is 16.5. The SMILES string of the molecule is CC[C@H](NC(=O)OCC1c2ccccc2-c2ccccc21)C(=O)NCCCC(=O)O. The van der Waals surface area contributed by atoms with E-state index >= 15 is 0 Å². The molecule has 0 spiro atoms. The number of rotatable bonds is 9. The third-order valence-corrected chi connectivity index (χ3v) is 5.23. The summed E-state index contributed by atoms with van der Waals surface area (Å²) in [5, 5.41) is 13.9. The van der Waals surface area contributed by atoms with Crippen LogP contribution < -0.4 is 10.6 Å². The van der Waals surface area contributed by atoms with Crippen LogP contribution in [0.15, 0.2) is 48.5 Å². The molecule has 2 aromatic rings. The summed E-state index contributed by atoms with van der Waals surface area (Å²) in [6.45, 7) is 2.20. The second-order valence-electron chi connectivity index (χ2n) is 7.22. The Morgan fingerprint density at radius 3 is 2.20 bits per heavy atom. The molecule has 0 heterocycles. The van der Waals surface area contributed by atoms with Crippen molar-refractivity contribution in [3.8, 4) is 11.1 Å². The number of carboxylic acid groups (broad SMARTS) is 1. The van der Waals surface area contributed by atoms with Gasteiger partial charge in [0.15, 0.2) is 0 Å². The van der Waals surface area contributed by atoms with Crippen LogP contribution in [0.5, 0.6) is 0 Å². The minimum absolute atomic E-state index is 0.0170. The van der Waals surface area contributed by atoms with Gasteiger partial charge in [-0.15, -0.1) is 0 Å². The average Bonchev–Trinajstić information content (AvgIpc) is 3.07. The molecule has 0 aromatic heterocycles. The first-order valence-electron chi connectivity index (χ1n) is 10.1. The quantitative estimate of drug-likeness (QED) is 0.550. The zero-order chi connectivity index (χ0) is 21.5. The predicted octanol–water partition coefficient (Wildman–Crippen LogP) is 3.28. The summed E-state index contributed by atoms with van der Waals surface area (Å²) in [5.74, 6) is -1.31. The molecule has 1 atom stereocenters. The Hall–Kier alpha value is -3.35. The number of ether oxygens (including phenoxy) is 1. The number of amides is 2. The van der Waals surface area contributed by atoms with Gasteiger partial charge in [0.25, 0.3) is 0 Å². The van der Waals surface area contributed by atoms with Crippen molar-refractivity contribution >= 4 is 18.0 Å². The first kappa shape index (κ1) is 21.4. The van der Waals surface area contributed by atoms with E-state index in [-0.39, 0.29) is 31.4 Å². The molecule has 7 heteroatoms. The van der Waals surface area contributed by atoms with E-state index in [0.29, 0.717) is 12.8 Å². The Balaban J connectivity index is 1.55. The Bertz CT molecular complexity index is 882. The normalized spacial score (nSPS) is 13.1. The molecular formula is C23H26N2O5. The Kier molecular flexibility index (Phi) is 7.06. The average molecular weight is 410 g/mol. The van der Waals surface area contributed by atoms with Crippen molar-refractivity contribution in [3.63, 3.8) is 0 Å². The van der Waals surface area contributed by atoms with Gasteiger partial charge in [0.05, 0.1) is 0 Å². The minimum atomic E-state index is -0.909. The minimum Gasteiger partial charge on any atom is -0.481 e. The fourth-order valence-electron chi connectivity index (χ4n) is 3.71. The number of carbonyl (C=O) groups excluding carboxylic acids is 2. The molecule has 0 aliphatic heterocycles. The molecule has 0 bridgehead atoms. The van der Waals surface area contributed by atoms with Crippen molar-refractivity contribution in [3.05, 3.63) is 59.7 Å². The first-order chi connectivity index (χ1) is 14.5. The third-order valence-electron chi connectivity index (χ3n) is 5.23. The highest BCUT2D eigenvalue weighted by molar-refractivity contribution is 5.85. The van der Waals surface area contributed by atoms with Gasteiger partial charge in [-0.25, -0.2) is 4.79 Å². The largest absolute Gasteiger partial charge is 0.481 e. The summed E-state index contributed by atoms with van der Waals surface area (Å²) >= 11 is 0. The van der Waals surface area contributed by atoms with E-state index in [1.54, 1.807) is 6.92 Å². The van der Waals surface area contributed by atoms with Gasteiger partial charge in [0.1, 0.15) is 12.6 Å².